The largest absolute Gasteiger partial charge is 0.383 e. The van der Waals surface area contributed by atoms with E-state index in [9.17, 15) is 10.1 Å². The number of nitriles is 1. The summed E-state index contributed by atoms with van der Waals surface area (Å²) in [7, 11) is 0. The fraction of sp³-hybridized carbons (Fsp3) is 0.294. The number of halogens is 1. The summed E-state index contributed by atoms with van der Waals surface area (Å²) >= 11 is 5.91. The van der Waals surface area contributed by atoms with Crippen LogP contribution >= 0.6 is 11.6 Å². The van der Waals surface area contributed by atoms with E-state index in [1.54, 1.807) is 18.2 Å². The molecule has 1 aliphatic rings. The molecule has 0 aliphatic carbocycles. The van der Waals surface area contributed by atoms with Crippen molar-refractivity contribution in [2.24, 2.45) is 0 Å². The standard InChI is InChI=1S/C17H16ClN3O/c1-17(2)9-20-14-7-11(16(22)21-15(14)17)5-10-3-4-13(18)6-12(10)8-19/h3-4,6-7,20H,5,9H2,1-2H3,(H,21,22). The number of fused-ring (bicyclic) bond motifs is 1. The molecule has 2 N–H and O–H groups in total. The van der Waals surface area contributed by atoms with Gasteiger partial charge in [-0.2, -0.15) is 5.26 Å². The minimum Gasteiger partial charge on any atom is -0.383 e. The van der Waals surface area contributed by atoms with E-state index in [1.807, 2.05) is 6.07 Å². The van der Waals surface area contributed by atoms with Gasteiger partial charge < -0.3 is 10.3 Å². The second kappa shape index (κ2) is 5.19. The molecule has 0 radical (unpaired) electrons. The third-order valence-corrected chi connectivity index (χ3v) is 4.32. The summed E-state index contributed by atoms with van der Waals surface area (Å²) in [5.74, 6) is 0. The van der Waals surface area contributed by atoms with E-state index in [4.69, 9.17) is 11.6 Å². The summed E-state index contributed by atoms with van der Waals surface area (Å²) in [4.78, 5) is 15.3. The second-order valence-corrected chi connectivity index (χ2v) is 6.68. The maximum Gasteiger partial charge on any atom is 0.251 e. The summed E-state index contributed by atoms with van der Waals surface area (Å²) in [6, 6.07) is 9.17. The normalized spacial score (nSPS) is 15.0. The first-order valence-electron chi connectivity index (χ1n) is 7.10. The van der Waals surface area contributed by atoms with Gasteiger partial charge in [-0.05, 0) is 23.8 Å². The van der Waals surface area contributed by atoms with Gasteiger partial charge in [0.15, 0.2) is 0 Å². The number of nitrogens with zero attached hydrogens (tertiary/aromatic N) is 1. The average molecular weight is 314 g/mol. The van der Waals surface area contributed by atoms with Crippen molar-refractivity contribution in [1.29, 1.82) is 5.26 Å². The molecule has 0 spiro atoms. The molecule has 22 heavy (non-hydrogen) atoms. The highest BCUT2D eigenvalue weighted by Crippen LogP contribution is 2.34. The van der Waals surface area contributed by atoms with Crippen LogP contribution in [0.1, 0.15) is 36.2 Å². The van der Waals surface area contributed by atoms with Gasteiger partial charge in [-0.25, -0.2) is 0 Å². The predicted molar refractivity (Wildman–Crippen MR) is 87.6 cm³/mol. The SMILES string of the molecule is CC1(C)CNc2cc(Cc3ccc(Cl)cc3C#N)c(=O)[nH]c21. The molecule has 1 aliphatic heterocycles. The Labute approximate surface area is 133 Å². The Morgan fingerprint density at radius 1 is 1.32 bits per heavy atom. The van der Waals surface area contributed by atoms with Crippen LogP contribution in [0.4, 0.5) is 5.69 Å². The molecule has 2 heterocycles. The van der Waals surface area contributed by atoms with Crippen LogP contribution in [-0.2, 0) is 11.8 Å². The summed E-state index contributed by atoms with van der Waals surface area (Å²) in [6.07, 6.45) is 0.408. The smallest absolute Gasteiger partial charge is 0.251 e. The van der Waals surface area contributed by atoms with Crippen LogP contribution < -0.4 is 10.9 Å². The van der Waals surface area contributed by atoms with Gasteiger partial charge in [0.2, 0.25) is 0 Å². The van der Waals surface area contributed by atoms with Crippen molar-refractivity contribution in [3.05, 3.63) is 62.0 Å². The van der Waals surface area contributed by atoms with Crippen LogP contribution in [0.25, 0.3) is 0 Å². The van der Waals surface area contributed by atoms with Crippen LogP contribution in [0, 0.1) is 11.3 Å². The molecule has 2 aromatic rings. The highest BCUT2D eigenvalue weighted by Gasteiger charge is 2.31. The van der Waals surface area contributed by atoms with E-state index in [1.165, 1.54) is 0 Å². The van der Waals surface area contributed by atoms with Crippen molar-refractivity contribution < 1.29 is 0 Å². The number of aromatic nitrogens is 1. The topological polar surface area (TPSA) is 68.7 Å². The Kier molecular flexibility index (Phi) is 3.46. The first kappa shape index (κ1) is 14.7. The van der Waals surface area contributed by atoms with Gasteiger partial charge in [-0.15, -0.1) is 0 Å². The van der Waals surface area contributed by atoms with Gasteiger partial charge in [0, 0.05) is 34.7 Å². The first-order valence-corrected chi connectivity index (χ1v) is 7.47. The van der Waals surface area contributed by atoms with Gasteiger partial charge in [0.25, 0.3) is 5.56 Å². The predicted octanol–water partition coefficient (Wildman–Crippen LogP) is 3.19. The molecule has 0 fully saturated rings. The Balaban J connectivity index is 2.02. The number of aromatic amines is 1. The number of pyridine rings is 1. The quantitative estimate of drug-likeness (QED) is 0.894. The maximum atomic E-state index is 12.3. The lowest BCUT2D eigenvalue weighted by Crippen LogP contribution is -2.23. The zero-order valence-electron chi connectivity index (χ0n) is 12.5. The van der Waals surface area contributed by atoms with Crippen LogP contribution in [0.3, 0.4) is 0 Å². The summed E-state index contributed by atoms with van der Waals surface area (Å²) in [5, 5.41) is 13.1. The van der Waals surface area contributed by atoms with Crippen molar-refractivity contribution in [2.45, 2.75) is 25.7 Å². The molecule has 1 aromatic carbocycles. The van der Waals surface area contributed by atoms with E-state index < -0.39 is 0 Å². The van der Waals surface area contributed by atoms with Crippen molar-refractivity contribution >= 4 is 17.3 Å². The molecule has 112 valence electrons. The summed E-state index contributed by atoms with van der Waals surface area (Å²) in [6.45, 7) is 4.98. The van der Waals surface area contributed by atoms with E-state index >= 15 is 0 Å². The van der Waals surface area contributed by atoms with E-state index in [0.717, 1.165) is 23.5 Å². The molecule has 0 saturated heterocycles. The highest BCUT2D eigenvalue weighted by molar-refractivity contribution is 6.30. The molecule has 0 amide bonds. The van der Waals surface area contributed by atoms with Crippen LogP contribution in [0.5, 0.6) is 0 Å². The maximum absolute atomic E-state index is 12.3. The fourth-order valence-corrected chi connectivity index (χ4v) is 2.97. The minimum absolute atomic E-state index is 0.0783. The molecule has 3 rings (SSSR count). The molecule has 5 heteroatoms. The zero-order valence-corrected chi connectivity index (χ0v) is 13.2. The third-order valence-electron chi connectivity index (χ3n) is 4.09. The highest BCUT2D eigenvalue weighted by atomic mass is 35.5. The van der Waals surface area contributed by atoms with Crippen LogP contribution in [-0.4, -0.2) is 11.5 Å². The molecule has 0 saturated carbocycles. The van der Waals surface area contributed by atoms with Gasteiger partial charge in [-0.1, -0.05) is 31.5 Å². The minimum atomic E-state index is -0.102. The lowest BCUT2D eigenvalue weighted by Gasteiger charge is -2.16. The third kappa shape index (κ3) is 2.49. The lowest BCUT2D eigenvalue weighted by atomic mass is 9.91. The van der Waals surface area contributed by atoms with Gasteiger partial charge in [0.1, 0.15) is 0 Å². The number of hydrogen-bond acceptors (Lipinski definition) is 3. The second-order valence-electron chi connectivity index (χ2n) is 6.24. The van der Waals surface area contributed by atoms with E-state index in [-0.39, 0.29) is 11.0 Å². The monoisotopic (exact) mass is 313 g/mol. The number of rotatable bonds is 2. The van der Waals surface area contributed by atoms with Crippen molar-refractivity contribution in [3.8, 4) is 6.07 Å². The number of hydrogen-bond donors (Lipinski definition) is 2. The van der Waals surface area contributed by atoms with Crippen molar-refractivity contribution in [1.82, 2.24) is 4.98 Å². The van der Waals surface area contributed by atoms with Gasteiger partial charge in [-0.3, -0.25) is 4.79 Å². The first-order chi connectivity index (χ1) is 10.4. The van der Waals surface area contributed by atoms with Crippen LogP contribution in [0.2, 0.25) is 5.02 Å². The number of anilines is 1. The van der Waals surface area contributed by atoms with E-state index in [2.05, 4.69) is 30.2 Å². The number of benzene rings is 1. The fourth-order valence-electron chi connectivity index (χ4n) is 2.79. The zero-order chi connectivity index (χ0) is 15.9. The molecule has 4 nitrogen and oxygen atoms in total. The van der Waals surface area contributed by atoms with Crippen molar-refractivity contribution in [3.63, 3.8) is 0 Å². The molecule has 1 aromatic heterocycles. The Morgan fingerprint density at radius 3 is 2.82 bits per heavy atom. The average Bonchev–Trinajstić information content (AvgIpc) is 2.76. The van der Waals surface area contributed by atoms with Crippen LogP contribution in [0.15, 0.2) is 29.1 Å². The summed E-state index contributed by atoms with van der Waals surface area (Å²) in [5.41, 5.74) is 3.67. The Morgan fingerprint density at radius 2 is 2.09 bits per heavy atom. The van der Waals surface area contributed by atoms with Crippen molar-refractivity contribution in [2.75, 3.05) is 11.9 Å². The molecular formula is C17H16ClN3O. The number of H-pyrrole nitrogens is 1. The summed E-state index contributed by atoms with van der Waals surface area (Å²) < 4.78 is 0. The van der Waals surface area contributed by atoms with E-state index in [0.29, 0.717) is 22.6 Å². The van der Waals surface area contributed by atoms with Gasteiger partial charge >= 0.3 is 0 Å². The molecule has 0 unspecified atom stereocenters. The lowest BCUT2D eigenvalue weighted by molar-refractivity contribution is 0.567. The Hall–Kier alpha value is -2.25. The van der Waals surface area contributed by atoms with Gasteiger partial charge in [0.05, 0.1) is 17.3 Å². The Bertz CT molecular complexity index is 846. The number of nitrogens with one attached hydrogen (secondary N) is 2. The molecule has 0 bridgehead atoms. The molecular weight excluding hydrogens is 298 g/mol. The molecule has 0 atom stereocenters.